The molecule has 0 heterocycles. The molecule has 0 bridgehead atoms. The van der Waals surface area contributed by atoms with Gasteiger partial charge in [-0.2, -0.15) is 0 Å². The van der Waals surface area contributed by atoms with E-state index in [-0.39, 0.29) is 12.2 Å². The minimum atomic E-state index is -0.560. The maximum Gasteiger partial charge on any atom is 0.412 e. The minimum absolute atomic E-state index is 0.179. The van der Waals surface area contributed by atoms with Gasteiger partial charge in [0, 0.05) is 18.3 Å². The van der Waals surface area contributed by atoms with Gasteiger partial charge in [0.15, 0.2) is 0 Å². The molecule has 2 N–H and O–H groups in total. The molecular formula is C13H16N2O4. The van der Waals surface area contributed by atoms with Gasteiger partial charge in [-0.1, -0.05) is 6.07 Å². The molecule has 102 valence electrons. The average molecular weight is 264 g/mol. The lowest BCUT2D eigenvalue weighted by atomic mass is 10.2. The van der Waals surface area contributed by atoms with Crippen molar-refractivity contribution in [1.29, 1.82) is 0 Å². The summed E-state index contributed by atoms with van der Waals surface area (Å²) in [6, 6.07) is 6.38. The first-order valence-corrected chi connectivity index (χ1v) is 5.86. The lowest BCUT2D eigenvalue weighted by Crippen LogP contribution is -2.26. The van der Waals surface area contributed by atoms with Gasteiger partial charge in [-0.05, 0) is 26.0 Å². The number of nitrogens with one attached hydrogen (secondary N) is 2. The molecule has 2 amide bonds. The van der Waals surface area contributed by atoms with Gasteiger partial charge in [0.2, 0.25) is 5.91 Å². The lowest BCUT2D eigenvalue weighted by molar-refractivity contribution is -0.124. The summed E-state index contributed by atoms with van der Waals surface area (Å²) >= 11 is 0. The Balaban J connectivity index is 2.64. The van der Waals surface area contributed by atoms with Crippen LogP contribution in [0.3, 0.4) is 0 Å². The SMILES string of the molecule is CCNC(=O)Oc1cccc(NC(=O)CC(C)=O)c1. The molecule has 0 saturated heterocycles. The Hall–Kier alpha value is -2.37. The molecule has 0 aliphatic rings. The fraction of sp³-hybridized carbons (Fsp3) is 0.308. The van der Waals surface area contributed by atoms with Crippen molar-refractivity contribution in [3.8, 4) is 5.75 Å². The summed E-state index contributed by atoms with van der Waals surface area (Å²) in [6.07, 6.45) is -0.740. The maximum absolute atomic E-state index is 11.4. The van der Waals surface area contributed by atoms with Crippen LogP contribution in [-0.2, 0) is 9.59 Å². The van der Waals surface area contributed by atoms with Crippen LogP contribution in [0.25, 0.3) is 0 Å². The molecule has 6 heteroatoms. The molecule has 1 rings (SSSR count). The van der Waals surface area contributed by atoms with Gasteiger partial charge in [0.1, 0.15) is 11.5 Å². The van der Waals surface area contributed by atoms with Crippen molar-refractivity contribution in [2.75, 3.05) is 11.9 Å². The van der Waals surface area contributed by atoms with E-state index in [2.05, 4.69) is 10.6 Å². The number of ether oxygens (including phenoxy) is 1. The fourth-order valence-electron chi connectivity index (χ4n) is 1.36. The Morgan fingerprint density at radius 3 is 2.63 bits per heavy atom. The zero-order valence-electron chi connectivity index (χ0n) is 10.9. The standard InChI is InChI=1S/C13H16N2O4/c1-3-14-13(18)19-11-6-4-5-10(8-11)15-12(17)7-9(2)16/h4-6,8H,3,7H2,1-2H3,(H,14,18)(H,15,17). The highest BCUT2D eigenvalue weighted by Crippen LogP contribution is 2.17. The van der Waals surface area contributed by atoms with Crippen LogP contribution in [0.1, 0.15) is 20.3 Å². The molecule has 0 radical (unpaired) electrons. The highest BCUT2D eigenvalue weighted by molar-refractivity contribution is 6.03. The summed E-state index contributed by atoms with van der Waals surface area (Å²) in [6.45, 7) is 3.59. The van der Waals surface area contributed by atoms with Crippen molar-refractivity contribution in [3.05, 3.63) is 24.3 Å². The van der Waals surface area contributed by atoms with Crippen LogP contribution in [-0.4, -0.2) is 24.3 Å². The predicted octanol–water partition coefficient (Wildman–Crippen LogP) is 1.71. The Morgan fingerprint density at radius 1 is 1.26 bits per heavy atom. The predicted molar refractivity (Wildman–Crippen MR) is 70.1 cm³/mol. The molecule has 0 spiro atoms. The van der Waals surface area contributed by atoms with E-state index in [0.717, 1.165) is 0 Å². The van der Waals surface area contributed by atoms with E-state index < -0.39 is 12.0 Å². The summed E-state index contributed by atoms with van der Waals surface area (Å²) in [5, 5.41) is 5.03. The number of carbonyl (C=O) groups is 3. The second-order valence-electron chi connectivity index (χ2n) is 3.87. The second-order valence-corrected chi connectivity index (χ2v) is 3.87. The number of rotatable bonds is 5. The molecule has 19 heavy (non-hydrogen) atoms. The number of benzene rings is 1. The van der Waals surface area contributed by atoms with Gasteiger partial charge in [-0.25, -0.2) is 4.79 Å². The first kappa shape index (κ1) is 14.7. The summed E-state index contributed by atoms with van der Waals surface area (Å²) in [5.41, 5.74) is 0.466. The fourth-order valence-corrected chi connectivity index (χ4v) is 1.36. The van der Waals surface area contributed by atoms with Crippen LogP contribution in [0.15, 0.2) is 24.3 Å². The Labute approximate surface area is 111 Å². The van der Waals surface area contributed by atoms with E-state index in [4.69, 9.17) is 4.74 Å². The van der Waals surface area contributed by atoms with Crippen LogP contribution in [0, 0.1) is 0 Å². The molecule has 1 aromatic carbocycles. The highest BCUT2D eigenvalue weighted by atomic mass is 16.6. The summed E-state index contributed by atoms with van der Waals surface area (Å²) in [7, 11) is 0. The van der Waals surface area contributed by atoms with Gasteiger partial charge in [-0.15, -0.1) is 0 Å². The molecule has 0 aromatic heterocycles. The molecular weight excluding hydrogens is 248 g/mol. The number of Topliss-reactive ketones (excluding diaryl/α,β-unsaturated/α-hetero) is 1. The summed E-state index contributed by atoms with van der Waals surface area (Å²) < 4.78 is 4.99. The third-order valence-electron chi connectivity index (χ3n) is 2.06. The number of anilines is 1. The maximum atomic E-state index is 11.4. The van der Waals surface area contributed by atoms with E-state index >= 15 is 0 Å². The van der Waals surface area contributed by atoms with Crippen molar-refractivity contribution in [1.82, 2.24) is 5.32 Å². The first-order chi connectivity index (χ1) is 9.01. The van der Waals surface area contributed by atoms with Crippen LogP contribution in [0.2, 0.25) is 0 Å². The smallest absolute Gasteiger partial charge is 0.410 e. The van der Waals surface area contributed by atoms with Crippen LogP contribution < -0.4 is 15.4 Å². The van der Waals surface area contributed by atoms with Crippen molar-refractivity contribution in [3.63, 3.8) is 0 Å². The number of amides is 2. The van der Waals surface area contributed by atoms with Crippen LogP contribution in [0.4, 0.5) is 10.5 Å². The molecule has 0 fully saturated rings. The largest absolute Gasteiger partial charge is 0.412 e. The quantitative estimate of drug-likeness (QED) is 0.793. The van der Waals surface area contributed by atoms with Gasteiger partial charge < -0.3 is 15.4 Å². The summed E-state index contributed by atoms with van der Waals surface area (Å²) in [5.74, 6) is -0.304. The van der Waals surface area contributed by atoms with E-state index in [9.17, 15) is 14.4 Å². The van der Waals surface area contributed by atoms with Crippen molar-refractivity contribution < 1.29 is 19.1 Å². The van der Waals surface area contributed by atoms with Gasteiger partial charge >= 0.3 is 6.09 Å². The van der Waals surface area contributed by atoms with E-state index in [1.165, 1.54) is 13.0 Å². The lowest BCUT2D eigenvalue weighted by Gasteiger charge is -2.07. The van der Waals surface area contributed by atoms with Crippen molar-refractivity contribution >= 4 is 23.5 Å². The van der Waals surface area contributed by atoms with E-state index in [1.54, 1.807) is 25.1 Å². The molecule has 0 aliphatic carbocycles. The number of carbonyl (C=O) groups excluding carboxylic acids is 3. The zero-order chi connectivity index (χ0) is 14.3. The molecule has 6 nitrogen and oxygen atoms in total. The normalized spacial score (nSPS) is 9.58. The topological polar surface area (TPSA) is 84.5 Å². The van der Waals surface area contributed by atoms with Gasteiger partial charge in [0.05, 0.1) is 6.42 Å². The van der Waals surface area contributed by atoms with Gasteiger partial charge in [0.25, 0.3) is 0 Å². The van der Waals surface area contributed by atoms with E-state index in [0.29, 0.717) is 18.0 Å². The number of ketones is 1. The summed E-state index contributed by atoms with van der Waals surface area (Å²) in [4.78, 5) is 33.4. The monoisotopic (exact) mass is 264 g/mol. The molecule has 0 saturated carbocycles. The molecule has 0 atom stereocenters. The van der Waals surface area contributed by atoms with Crippen molar-refractivity contribution in [2.45, 2.75) is 20.3 Å². The number of hydrogen-bond acceptors (Lipinski definition) is 4. The Morgan fingerprint density at radius 2 is 2.00 bits per heavy atom. The van der Waals surface area contributed by atoms with Crippen LogP contribution in [0.5, 0.6) is 5.75 Å². The number of hydrogen-bond donors (Lipinski definition) is 2. The highest BCUT2D eigenvalue weighted by Gasteiger charge is 2.07. The molecule has 0 aliphatic heterocycles. The average Bonchev–Trinajstić information content (AvgIpc) is 2.28. The zero-order valence-corrected chi connectivity index (χ0v) is 10.9. The van der Waals surface area contributed by atoms with Crippen molar-refractivity contribution in [2.24, 2.45) is 0 Å². The third kappa shape index (κ3) is 5.67. The third-order valence-corrected chi connectivity index (χ3v) is 2.06. The first-order valence-electron chi connectivity index (χ1n) is 5.86. The molecule has 1 aromatic rings. The van der Waals surface area contributed by atoms with Crippen LogP contribution >= 0.6 is 0 Å². The molecule has 0 unspecified atom stereocenters. The Bertz CT molecular complexity index is 485. The van der Waals surface area contributed by atoms with Gasteiger partial charge in [-0.3, -0.25) is 9.59 Å². The van der Waals surface area contributed by atoms with E-state index in [1.807, 2.05) is 0 Å². The second kappa shape index (κ2) is 7.15. The Kier molecular flexibility index (Phi) is 5.53. The minimum Gasteiger partial charge on any atom is -0.410 e.